The van der Waals surface area contributed by atoms with E-state index in [1.165, 1.54) is 17.8 Å². The first kappa shape index (κ1) is 27.8. The van der Waals surface area contributed by atoms with E-state index in [-0.39, 0.29) is 23.6 Å². The molecular weight excluding hydrogens is 582 g/mol. The molecule has 0 spiro atoms. The summed E-state index contributed by atoms with van der Waals surface area (Å²) in [5, 5.41) is 9.75. The standard InChI is InChI=1S/C31H27Cl2FN4O2S/c1-31(2)14-25-27(26(39)15-31)28(18-10-12-20(13-11-18)40-16-21-22(32)7-5-8-23(21)33)38-29(35-25)36-30(37-38)41-17-19-6-3-4-9-24(19)34/h3-13,28H,14-17H2,1-2H3,(H,35,36,37). The second-order valence-electron chi connectivity index (χ2n) is 11.0. The van der Waals surface area contributed by atoms with E-state index in [0.29, 0.717) is 50.2 Å². The van der Waals surface area contributed by atoms with Gasteiger partial charge in [-0.25, -0.2) is 9.07 Å². The van der Waals surface area contributed by atoms with Gasteiger partial charge in [0.1, 0.15) is 24.2 Å². The number of ether oxygens (including phenoxy) is 1. The van der Waals surface area contributed by atoms with E-state index in [0.717, 1.165) is 23.2 Å². The van der Waals surface area contributed by atoms with Crippen molar-refractivity contribution in [1.82, 2.24) is 14.8 Å². The predicted molar refractivity (Wildman–Crippen MR) is 160 cm³/mol. The van der Waals surface area contributed by atoms with Crippen LogP contribution in [0, 0.1) is 11.2 Å². The van der Waals surface area contributed by atoms with Gasteiger partial charge in [0.05, 0.1) is 0 Å². The molecule has 1 aromatic heterocycles. The monoisotopic (exact) mass is 608 g/mol. The lowest BCUT2D eigenvalue weighted by Crippen LogP contribution is -2.36. The molecule has 0 amide bonds. The lowest BCUT2D eigenvalue weighted by molar-refractivity contribution is -0.118. The number of halogens is 3. The van der Waals surface area contributed by atoms with Gasteiger partial charge in [-0.3, -0.25) is 4.79 Å². The summed E-state index contributed by atoms with van der Waals surface area (Å²) in [6.07, 6.45) is 1.16. The highest BCUT2D eigenvalue weighted by Crippen LogP contribution is 2.46. The summed E-state index contributed by atoms with van der Waals surface area (Å²) in [5.74, 6) is 1.42. The molecule has 10 heteroatoms. The third kappa shape index (κ3) is 5.73. The van der Waals surface area contributed by atoms with Gasteiger partial charge in [-0.2, -0.15) is 4.98 Å². The van der Waals surface area contributed by atoms with Crippen molar-refractivity contribution < 1.29 is 13.9 Å². The summed E-state index contributed by atoms with van der Waals surface area (Å²) in [4.78, 5) is 18.2. The molecule has 0 saturated heterocycles. The van der Waals surface area contributed by atoms with Crippen LogP contribution in [0.2, 0.25) is 10.0 Å². The third-order valence-corrected chi connectivity index (χ3v) is 8.86. The summed E-state index contributed by atoms with van der Waals surface area (Å²) in [5.41, 5.74) is 3.58. The molecule has 210 valence electrons. The van der Waals surface area contributed by atoms with E-state index in [2.05, 4.69) is 19.2 Å². The van der Waals surface area contributed by atoms with Gasteiger partial charge in [0.25, 0.3) is 0 Å². The zero-order valence-corrected chi connectivity index (χ0v) is 24.8. The first-order chi connectivity index (χ1) is 19.7. The molecule has 6 rings (SSSR count). The number of hydrogen-bond acceptors (Lipinski definition) is 6. The smallest absolute Gasteiger partial charge is 0.227 e. The Labute approximate surface area is 251 Å². The molecule has 41 heavy (non-hydrogen) atoms. The molecule has 2 heterocycles. The van der Waals surface area contributed by atoms with Crippen LogP contribution in [0.15, 0.2) is 83.2 Å². The summed E-state index contributed by atoms with van der Waals surface area (Å²) < 4.78 is 21.9. The van der Waals surface area contributed by atoms with Crippen LogP contribution < -0.4 is 10.1 Å². The maximum Gasteiger partial charge on any atom is 0.227 e. The third-order valence-electron chi connectivity index (χ3n) is 7.27. The first-order valence-corrected chi connectivity index (χ1v) is 14.9. The molecule has 1 aliphatic carbocycles. The fourth-order valence-electron chi connectivity index (χ4n) is 5.29. The van der Waals surface area contributed by atoms with Gasteiger partial charge in [-0.15, -0.1) is 5.10 Å². The van der Waals surface area contributed by atoms with E-state index in [1.54, 1.807) is 35.0 Å². The number of thioether (sulfide) groups is 1. The quantitative estimate of drug-likeness (QED) is 0.213. The van der Waals surface area contributed by atoms with Crippen LogP contribution in [-0.2, 0) is 17.2 Å². The zero-order valence-electron chi connectivity index (χ0n) is 22.5. The number of aromatic nitrogens is 3. The van der Waals surface area contributed by atoms with Gasteiger partial charge in [0, 0.05) is 39.1 Å². The molecule has 0 radical (unpaired) electrons. The van der Waals surface area contributed by atoms with Crippen LogP contribution in [0.1, 0.15) is 49.4 Å². The number of nitrogens with one attached hydrogen (secondary N) is 1. The maximum atomic E-state index is 14.2. The summed E-state index contributed by atoms with van der Waals surface area (Å²) in [6, 6.07) is 19.2. The largest absolute Gasteiger partial charge is 0.489 e. The fourth-order valence-corrected chi connectivity index (χ4v) is 6.61. The number of carbonyl (C=O) groups excluding carboxylic acids is 1. The Balaban J connectivity index is 1.30. The Morgan fingerprint density at radius 2 is 1.78 bits per heavy atom. The van der Waals surface area contributed by atoms with E-state index >= 15 is 0 Å². The van der Waals surface area contributed by atoms with Gasteiger partial charge < -0.3 is 10.1 Å². The summed E-state index contributed by atoms with van der Waals surface area (Å²) >= 11 is 13.9. The average molecular weight is 610 g/mol. The minimum atomic E-state index is -0.452. The van der Waals surface area contributed by atoms with Crippen molar-refractivity contribution >= 4 is 46.7 Å². The maximum absolute atomic E-state index is 14.2. The van der Waals surface area contributed by atoms with Crippen molar-refractivity contribution in [2.24, 2.45) is 5.41 Å². The van der Waals surface area contributed by atoms with Crippen molar-refractivity contribution in [2.75, 3.05) is 5.32 Å². The Kier molecular flexibility index (Phi) is 7.57. The Bertz CT molecular complexity index is 1650. The van der Waals surface area contributed by atoms with E-state index in [9.17, 15) is 9.18 Å². The molecule has 4 aromatic rings. The van der Waals surface area contributed by atoms with Crippen molar-refractivity contribution in [1.29, 1.82) is 0 Å². The zero-order chi connectivity index (χ0) is 28.7. The number of hydrogen-bond donors (Lipinski definition) is 1. The molecule has 6 nitrogen and oxygen atoms in total. The van der Waals surface area contributed by atoms with E-state index in [4.69, 9.17) is 38.0 Å². The van der Waals surface area contributed by atoms with Gasteiger partial charge in [0.2, 0.25) is 11.1 Å². The number of allylic oxidation sites excluding steroid dienone is 2. The first-order valence-electron chi connectivity index (χ1n) is 13.2. The highest BCUT2D eigenvalue weighted by atomic mass is 35.5. The van der Waals surface area contributed by atoms with Gasteiger partial charge in [-0.1, -0.05) is 85.2 Å². The number of anilines is 1. The lowest BCUT2D eigenvalue weighted by Gasteiger charge is -2.38. The highest BCUT2D eigenvalue weighted by Gasteiger charge is 2.41. The fraction of sp³-hybridized carbons (Fsp3) is 0.258. The summed E-state index contributed by atoms with van der Waals surface area (Å²) in [7, 11) is 0. The predicted octanol–water partition coefficient (Wildman–Crippen LogP) is 8.25. The number of benzene rings is 3. The summed E-state index contributed by atoms with van der Waals surface area (Å²) in [6.45, 7) is 4.42. The number of fused-ring (bicyclic) bond motifs is 1. The molecule has 0 fully saturated rings. The Morgan fingerprint density at radius 3 is 2.51 bits per heavy atom. The van der Waals surface area contributed by atoms with Crippen LogP contribution in [0.4, 0.5) is 10.3 Å². The van der Waals surface area contributed by atoms with E-state index in [1.807, 2.05) is 30.3 Å². The van der Waals surface area contributed by atoms with Crippen LogP contribution in [0.3, 0.4) is 0 Å². The van der Waals surface area contributed by atoms with Crippen LogP contribution in [0.5, 0.6) is 5.75 Å². The number of Topliss-reactive ketones (excluding diaryl/α,β-unsaturated/α-hetero) is 1. The number of carbonyl (C=O) groups is 1. The van der Waals surface area contributed by atoms with Crippen LogP contribution in [-0.4, -0.2) is 20.5 Å². The Morgan fingerprint density at radius 1 is 1.05 bits per heavy atom. The SMILES string of the molecule is CC1(C)CC(=O)C2=C(C1)Nc1nc(SCc3ccccc3F)nn1C2c1ccc(OCc2c(Cl)cccc2Cl)cc1. The van der Waals surface area contributed by atoms with Crippen molar-refractivity contribution in [3.63, 3.8) is 0 Å². The number of nitrogens with zero attached hydrogens (tertiary/aromatic N) is 3. The molecule has 1 N–H and O–H groups in total. The second kappa shape index (κ2) is 11.2. The number of rotatable bonds is 7. The molecule has 2 aliphatic rings. The van der Waals surface area contributed by atoms with E-state index < -0.39 is 6.04 Å². The molecule has 1 aliphatic heterocycles. The minimum absolute atomic E-state index is 0.0872. The minimum Gasteiger partial charge on any atom is -0.489 e. The van der Waals surface area contributed by atoms with Crippen LogP contribution >= 0.6 is 35.0 Å². The molecule has 0 saturated carbocycles. The van der Waals surface area contributed by atoms with Crippen LogP contribution in [0.25, 0.3) is 0 Å². The second-order valence-corrected chi connectivity index (χ2v) is 12.7. The highest BCUT2D eigenvalue weighted by molar-refractivity contribution is 7.98. The normalized spacial score (nSPS) is 17.6. The lowest BCUT2D eigenvalue weighted by atomic mass is 9.73. The molecule has 0 bridgehead atoms. The van der Waals surface area contributed by atoms with Gasteiger partial charge in [0.15, 0.2) is 5.78 Å². The topological polar surface area (TPSA) is 69.0 Å². The van der Waals surface area contributed by atoms with Gasteiger partial charge >= 0.3 is 0 Å². The average Bonchev–Trinajstić information content (AvgIpc) is 3.33. The van der Waals surface area contributed by atoms with Crippen molar-refractivity contribution in [3.05, 3.63) is 111 Å². The Hall–Kier alpha value is -3.33. The van der Waals surface area contributed by atoms with Gasteiger partial charge in [-0.05, 0) is 53.3 Å². The molecule has 3 aromatic carbocycles. The van der Waals surface area contributed by atoms with Crippen molar-refractivity contribution in [2.45, 2.75) is 50.2 Å². The van der Waals surface area contributed by atoms with Crippen molar-refractivity contribution in [3.8, 4) is 5.75 Å². The molecular formula is C31H27Cl2FN4O2S. The molecule has 1 unspecified atom stereocenters. The molecule has 1 atom stereocenters. The number of ketones is 1.